The van der Waals surface area contributed by atoms with Crippen LogP contribution in [0.5, 0.6) is 0 Å². The number of hydrogen-bond donors (Lipinski definition) is 1. The second kappa shape index (κ2) is 10.6. The Balaban J connectivity index is 0. The lowest BCUT2D eigenvalue weighted by Crippen LogP contribution is -2.21. The second-order valence-corrected chi connectivity index (χ2v) is 2.33. The highest BCUT2D eigenvalue weighted by molar-refractivity contribution is 5.40. The summed E-state index contributed by atoms with van der Waals surface area (Å²) in [4.78, 5) is 0. The Bertz CT molecular complexity index is 363. The molecule has 15 heavy (non-hydrogen) atoms. The van der Waals surface area contributed by atoms with Gasteiger partial charge in [0.1, 0.15) is 5.76 Å². The van der Waals surface area contributed by atoms with Crippen LogP contribution >= 0.6 is 0 Å². The van der Waals surface area contributed by atoms with Crippen LogP contribution in [0.1, 0.15) is 27.7 Å². The first-order valence-corrected chi connectivity index (χ1v) is 5.34. The number of rotatable bonds is 1. The molecule has 0 fully saturated rings. The molecule has 84 valence electrons. The third-order valence-corrected chi connectivity index (χ3v) is 1.38. The number of aliphatic hydroxyl groups is 1. The molecule has 0 atom stereocenters. The van der Waals surface area contributed by atoms with Gasteiger partial charge in [0, 0.05) is 0 Å². The van der Waals surface area contributed by atoms with E-state index in [0.717, 1.165) is 10.4 Å². The summed E-state index contributed by atoms with van der Waals surface area (Å²) in [5.41, 5.74) is 0. The number of benzene rings is 1. The Morgan fingerprint density at radius 3 is 2.00 bits per heavy atom. The zero-order valence-electron chi connectivity index (χ0n) is 10.2. The van der Waals surface area contributed by atoms with Crippen LogP contribution in [0.15, 0.2) is 36.6 Å². The van der Waals surface area contributed by atoms with E-state index in [0.29, 0.717) is 0 Å². The fraction of sp³-hybridized carbons (Fsp3) is 0.286. The van der Waals surface area contributed by atoms with E-state index in [2.05, 4.69) is 13.2 Å². The summed E-state index contributed by atoms with van der Waals surface area (Å²) >= 11 is 0. The Kier molecular flexibility index (Phi) is 11.2. The number of hydrogen-bond acceptors (Lipinski definition) is 1. The van der Waals surface area contributed by atoms with Gasteiger partial charge in [0.2, 0.25) is 0 Å². The van der Waals surface area contributed by atoms with Crippen LogP contribution in [0.25, 0.3) is 12.7 Å². The van der Waals surface area contributed by atoms with E-state index >= 15 is 0 Å². The largest absolute Gasteiger partial charge is 0.509 e. The molecule has 1 N–H and O–H groups in total. The average molecular weight is 206 g/mol. The molecule has 0 radical (unpaired) electrons. The Morgan fingerprint density at radius 1 is 1.13 bits per heavy atom. The van der Waals surface area contributed by atoms with E-state index in [1.165, 1.54) is 0 Å². The molecule has 0 aromatic heterocycles. The second-order valence-electron chi connectivity index (χ2n) is 2.33. The van der Waals surface area contributed by atoms with Gasteiger partial charge in [0.05, 0.1) is 0 Å². The Morgan fingerprint density at radius 2 is 1.60 bits per heavy atom. The summed E-state index contributed by atoms with van der Waals surface area (Å²) in [7, 11) is 0. The molecule has 0 bridgehead atoms. The van der Waals surface area contributed by atoms with Crippen LogP contribution in [0.3, 0.4) is 0 Å². The van der Waals surface area contributed by atoms with Crippen molar-refractivity contribution in [1.29, 1.82) is 0 Å². The minimum Gasteiger partial charge on any atom is -0.509 e. The molecule has 0 unspecified atom stereocenters. The average Bonchev–Trinajstić information content (AvgIpc) is 2.27. The van der Waals surface area contributed by atoms with E-state index in [-0.39, 0.29) is 5.76 Å². The predicted molar refractivity (Wildman–Crippen MR) is 70.1 cm³/mol. The molecule has 0 saturated heterocycles. The van der Waals surface area contributed by atoms with E-state index in [4.69, 9.17) is 5.11 Å². The molecule has 0 amide bonds. The smallest absolute Gasteiger partial charge is 0.109 e. The number of aliphatic hydroxyl groups excluding tert-OH is 1. The molecule has 1 rings (SSSR count). The molecule has 0 saturated carbocycles. The van der Waals surface area contributed by atoms with Crippen LogP contribution in [-0.4, -0.2) is 5.11 Å². The van der Waals surface area contributed by atoms with Crippen LogP contribution in [-0.2, 0) is 0 Å². The molecule has 0 aliphatic carbocycles. The maximum atomic E-state index is 8.85. The van der Waals surface area contributed by atoms with Gasteiger partial charge >= 0.3 is 0 Å². The lowest BCUT2D eigenvalue weighted by atomic mass is 10.2. The topological polar surface area (TPSA) is 20.2 Å². The quantitative estimate of drug-likeness (QED) is 0.700. The van der Waals surface area contributed by atoms with Gasteiger partial charge in [0.25, 0.3) is 0 Å². The van der Waals surface area contributed by atoms with Crippen LogP contribution in [0.2, 0.25) is 0 Å². The van der Waals surface area contributed by atoms with Gasteiger partial charge in [-0.15, -0.1) is 0 Å². The highest BCUT2D eigenvalue weighted by Crippen LogP contribution is 1.80. The zero-order valence-corrected chi connectivity index (χ0v) is 10.2. The van der Waals surface area contributed by atoms with Crippen molar-refractivity contribution in [2.45, 2.75) is 27.7 Å². The number of allylic oxidation sites excluding steroid dienone is 1. The summed E-state index contributed by atoms with van der Waals surface area (Å²) in [5, 5.41) is 10.6. The fourth-order valence-corrected chi connectivity index (χ4v) is 0.855. The van der Waals surface area contributed by atoms with Crippen LogP contribution < -0.4 is 10.4 Å². The van der Waals surface area contributed by atoms with Gasteiger partial charge in [0.15, 0.2) is 0 Å². The van der Waals surface area contributed by atoms with Crippen molar-refractivity contribution in [3.63, 3.8) is 0 Å². The van der Waals surface area contributed by atoms with Gasteiger partial charge in [-0.2, -0.15) is 0 Å². The lowest BCUT2D eigenvalue weighted by Gasteiger charge is -1.87. The van der Waals surface area contributed by atoms with Crippen LogP contribution in [0.4, 0.5) is 0 Å². The van der Waals surface area contributed by atoms with Crippen molar-refractivity contribution >= 4 is 12.7 Å². The van der Waals surface area contributed by atoms with Crippen LogP contribution in [0, 0.1) is 0 Å². The molecule has 0 spiro atoms. The molecule has 0 heterocycles. The van der Waals surface area contributed by atoms with Gasteiger partial charge < -0.3 is 5.11 Å². The standard InChI is InChI=1S/C10H10O.2C2H6/c1-8-5-3-4-6-10(8)7-9(2)11;2*1-2/h3-7,11H,1-2H2;2*1-2H3/b10-7-;;. The van der Waals surface area contributed by atoms with Crippen molar-refractivity contribution < 1.29 is 5.11 Å². The fourth-order valence-electron chi connectivity index (χ4n) is 0.855. The maximum Gasteiger partial charge on any atom is 0.109 e. The van der Waals surface area contributed by atoms with Gasteiger partial charge in [-0.3, -0.25) is 0 Å². The molecule has 0 aliphatic heterocycles. The lowest BCUT2D eigenvalue weighted by molar-refractivity contribution is 0.444. The van der Waals surface area contributed by atoms with Crippen molar-refractivity contribution in [2.75, 3.05) is 0 Å². The maximum absolute atomic E-state index is 8.85. The summed E-state index contributed by atoms with van der Waals surface area (Å²) < 4.78 is 0. The summed E-state index contributed by atoms with van der Waals surface area (Å²) in [5.74, 6) is 0.0566. The highest BCUT2D eigenvalue weighted by atomic mass is 16.3. The minimum absolute atomic E-state index is 0.0566. The SMILES string of the molecule is C=C(O)/C=c1/ccccc1=C.CC.CC. The van der Waals surface area contributed by atoms with Crippen molar-refractivity contribution in [2.24, 2.45) is 0 Å². The van der Waals surface area contributed by atoms with E-state index in [1.54, 1.807) is 6.08 Å². The molecular weight excluding hydrogens is 184 g/mol. The van der Waals surface area contributed by atoms with Crippen molar-refractivity contribution in [3.05, 3.63) is 47.0 Å². The zero-order chi connectivity index (χ0) is 12.3. The van der Waals surface area contributed by atoms with Gasteiger partial charge in [-0.05, 0) is 16.5 Å². The summed E-state index contributed by atoms with van der Waals surface area (Å²) in [6, 6.07) is 7.56. The van der Waals surface area contributed by atoms with Crippen molar-refractivity contribution in [1.82, 2.24) is 0 Å². The van der Waals surface area contributed by atoms with E-state index in [1.807, 2.05) is 52.0 Å². The van der Waals surface area contributed by atoms with E-state index < -0.39 is 0 Å². The monoisotopic (exact) mass is 206 g/mol. The Labute approximate surface area is 93.1 Å². The first-order valence-electron chi connectivity index (χ1n) is 5.34. The third kappa shape index (κ3) is 7.56. The molecule has 0 aliphatic rings. The summed E-state index contributed by atoms with van der Waals surface area (Å²) in [6.45, 7) is 15.2. The predicted octanol–water partition coefficient (Wildman–Crippen LogP) is 3.00. The highest BCUT2D eigenvalue weighted by Gasteiger charge is 1.81. The van der Waals surface area contributed by atoms with Gasteiger partial charge in [-0.25, -0.2) is 0 Å². The minimum atomic E-state index is 0.0566. The molecule has 1 aromatic carbocycles. The van der Waals surface area contributed by atoms with E-state index in [9.17, 15) is 0 Å². The molecular formula is C14H22O. The third-order valence-electron chi connectivity index (χ3n) is 1.38. The molecule has 1 nitrogen and oxygen atoms in total. The first-order chi connectivity index (χ1) is 7.20. The molecule has 1 aromatic rings. The molecule has 1 heteroatoms. The Hall–Kier alpha value is -1.50. The summed E-state index contributed by atoms with van der Waals surface area (Å²) in [6.07, 6.45) is 1.59. The first kappa shape index (κ1) is 15.9. The van der Waals surface area contributed by atoms with Crippen molar-refractivity contribution in [3.8, 4) is 0 Å². The van der Waals surface area contributed by atoms with Gasteiger partial charge in [-0.1, -0.05) is 65.1 Å². The normalized spacial score (nSPS) is 9.20.